The fraction of sp³-hybridized carbons (Fsp3) is 0.522. The van der Waals surface area contributed by atoms with Gasteiger partial charge in [0.25, 0.3) is 0 Å². The zero-order valence-corrected chi connectivity index (χ0v) is 17.9. The summed E-state index contributed by atoms with van der Waals surface area (Å²) in [6.07, 6.45) is 1.54. The van der Waals surface area contributed by atoms with Crippen LogP contribution in [0.4, 0.5) is 0 Å². The first-order valence-electron chi connectivity index (χ1n) is 10.1. The molecule has 7 nitrogen and oxygen atoms in total. The molecule has 30 heavy (non-hydrogen) atoms. The lowest BCUT2D eigenvalue weighted by Gasteiger charge is -2.34. The predicted octanol–water partition coefficient (Wildman–Crippen LogP) is 3.53. The smallest absolute Gasteiger partial charge is 0.351 e. The quantitative estimate of drug-likeness (QED) is 0.691. The van der Waals surface area contributed by atoms with Crippen LogP contribution in [0.3, 0.4) is 0 Å². The molecule has 2 fully saturated rings. The Morgan fingerprint density at radius 1 is 1.17 bits per heavy atom. The summed E-state index contributed by atoms with van der Waals surface area (Å²) in [5, 5.41) is 0.387. The largest absolute Gasteiger partial charge is 0.496 e. The van der Waals surface area contributed by atoms with Crippen LogP contribution < -0.4 is 10.2 Å². The van der Waals surface area contributed by atoms with Gasteiger partial charge < -0.3 is 18.6 Å². The van der Waals surface area contributed by atoms with Crippen molar-refractivity contribution in [3.8, 4) is 5.75 Å². The van der Waals surface area contributed by atoms with Crippen molar-refractivity contribution in [1.29, 1.82) is 0 Å². The van der Waals surface area contributed by atoms with Gasteiger partial charge in [-0.05, 0) is 31.9 Å². The summed E-state index contributed by atoms with van der Waals surface area (Å²) >= 11 is 0. The molecule has 2 aromatic rings. The van der Waals surface area contributed by atoms with Crippen molar-refractivity contribution in [2.75, 3.05) is 7.11 Å². The fourth-order valence-electron chi connectivity index (χ4n) is 4.76. The van der Waals surface area contributed by atoms with Gasteiger partial charge in [-0.15, -0.1) is 0 Å². The molecule has 1 aliphatic heterocycles. The maximum atomic E-state index is 13.2. The van der Waals surface area contributed by atoms with Gasteiger partial charge in [-0.2, -0.15) is 0 Å². The monoisotopic (exact) mass is 414 g/mol. The number of hydrogen-bond acceptors (Lipinski definition) is 7. The predicted molar refractivity (Wildman–Crippen MR) is 108 cm³/mol. The number of fused-ring (bicyclic) bond motifs is 3. The summed E-state index contributed by atoms with van der Waals surface area (Å²) in [5.41, 5.74) is -2.09. The van der Waals surface area contributed by atoms with E-state index in [1.54, 1.807) is 12.1 Å². The highest BCUT2D eigenvalue weighted by Crippen LogP contribution is 2.65. The second kappa shape index (κ2) is 6.59. The summed E-state index contributed by atoms with van der Waals surface area (Å²) < 4.78 is 22.6. The van der Waals surface area contributed by atoms with E-state index in [1.165, 1.54) is 13.2 Å². The standard InChI is InChI=1S/C23H26O7/c1-6-13-11-16(24)14-7-8-17(27-5)15(18(14)29-13)12-28-20(26)23-10-9-22(4,19(25)30-23)21(23,2)3/h7-8,11H,6,9-10,12H2,1-5H3/t22-,23+/m1/s1. The van der Waals surface area contributed by atoms with E-state index in [-0.39, 0.29) is 18.0 Å². The molecule has 4 rings (SSSR count). The number of ether oxygens (including phenoxy) is 3. The van der Waals surface area contributed by atoms with Crippen LogP contribution in [0, 0.1) is 10.8 Å². The number of carbonyl (C=O) groups is 2. The van der Waals surface area contributed by atoms with Crippen LogP contribution in [0.1, 0.15) is 51.9 Å². The number of methoxy groups -OCH3 is 1. The Kier molecular flexibility index (Phi) is 4.49. The van der Waals surface area contributed by atoms with E-state index in [2.05, 4.69) is 0 Å². The van der Waals surface area contributed by atoms with E-state index in [1.807, 2.05) is 27.7 Å². The number of esters is 2. The zero-order valence-electron chi connectivity index (χ0n) is 17.9. The summed E-state index contributed by atoms with van der Waals surface area (Å²) in [4.78, 5) is 38.1. The number of hydrogen-bond donors (Lipinski definition) is 0. The highest BCUT2D eigenvalue weighted by atomic mass is 16.6. The average Bonchev–Trinajstić information content (AvgIpc) is 3.01. The summed E-state index contributed by atoms with van der Waals surface area (Å²) in [7, 11) is 1.50. The Bertz CT molecular complexity index is 1110. The average molecular weight is 414 g/mol. The van der Waals surface area contributed by atoms with Crippen LogP contribution in [0.2, 0.25) is 0 Å². The number of rotatable bonds is 5. The second-order valence-corrected chi connectivity index (χ2v) is 8.80. The minimum Gasteiger partial charge on any atom is -0.496 e. The normalized spacial score (nSPS) is 26.6. The molecule has 1 aromatic heterocycles. The van der Waals surface area contributed by atoms with Gasteiger partial charge in [0.2, 0.25) is 5.60 Å². The number of aryl methyl sites for hydroxylation is 1. The van der Waals surface area contributed by atoms with Crippen molar-refractivity contribution in [1.82, 2.24) is 0 Å². The van der Waals surface area contributed by atoms with Crippen molar-refractivity contribution in [3.05, 3.63) is 39.7 Å². The molecule has 2 heterocycles. The van der Waals surface area contributed by atoms with E-state index in [0.29, 0.717) is 47.3 Å². The maximum Gasteiger partial charge on any atom is 0.351 e. The summed E-state index contributed by atoms with van der Waals surface area (Å²) in [6.45, 7) is 7.30. The van der Waals surface area contributed by atoms with E-state index in [4.69, 9.17) is 18.6 Å². The molecule has 2 bridgehead atoms. The first-order valence-corrected chi connectivity index (χ1v) is 10.1. The van der Waals surface area contributed by atoms with Crippen LogP contribution >= 0.6 is 0 Å². The van der Waals surface area contributed by atoms with Crippen molar-refractivity contribution >= 4 is 22.9 Å². The Morgan fingerprint density at radius 2 is 1.90 bits per heavy atom. The minimum absolute atomic E-state index is 0.165. The Balaban J connectivity index is 1.71. The lowest BCUT2D eigenvalue weighted by molar-refractivity contribution is -0.184. The first-order chi connectivity index (χ1) is 14.1. The van der Waals surface area contributed by atoms with Gasteiger partial charge in [0, 0.05) is 17.9 Å². The van der Waals surface area contributed by atoms with Crippen LogP contribution in [-0.2, 0) is 32.1 Å². The second-order valence-electron chi connectivity index (χ2n) is 8.80. The molecule has 0 radical (unpaired) electrons. The maximum absolute atomic E-state index is 13.2. The zero-order chi connectivity index (χ0) is 21.9. The number of carbonyl (C=O) groups excluding carboxylic acids is 2. The molecule has 1 aromatic carbocycles. The molecule has 1 saturated heterocycles. The molecule has 0 amide bonds. The number of benzene rings is 1. The van der Waals surface area contributed by atoms with Gasteiger partial charge >= 0.3 is 11.9 Å². The molecule has 0 N–H and O–H groups in total. The lowest BCUT2D eigenvalue weighted by atomic mass is 9.66. The molecule has 1 aliphatic carbocycles. The fourth-order valence-corrected chi connectivity index (χ4v) is 4.76. The molecule has 2 aliphatic rings. The third kappa shape index (κ3) is 2.47. The Morgan fingerprint density at radius 3 is 2.47 bits per heavy atom. The minimum atomic E-state index is -1.31. The highest BCUT2D eigenvalue weighted by molar-refractivity contribution is 5.93. The van der Waals surface area contributed by atoms with Crippen molar-refractivity contribution in [2.24, 2.45) is 10.8 Å². The third-order valence-electron chi connectivity index (χ3n) is 7.34. The van der Waals surface area contributed by atoms with Gasteiger partial charge in [0.1, 0.15) is 23.7 Å². The summed E-state index contributed by atoms with van der Waals surface area (Å²) in [5.74, 6) is 0.0274. The first kappa shape index (κ1) is 20.4. The van der Waals surface area contributed by atoms with Crippen molar-refractivity contribution < 1.29 is 28.2 Å². The molecule has 1 saturated carbocycles. The molecule has 160 valence electrons. The van der Waals surface area contributed by atoms with E-state index in [9.17, 15) is 14.4 Å². The summed E-state index contributed by atoms with van der Waals surface area (Å²) in [6, 6.07) is 4.75. The van der Waals surface area contributed by atoms with Gasteiger partial charge in [-0.1, -0.05) is 20.8 Å². The molecule has 0 unspecified atom stereocenters. The van der Waals surface area contributed by atoms with E-state index in [0.717, 1.165) is 0 Å². The van der Waals surface area contributed by atoms with Gasteiger partial charge in [0.05, 0.1) is 23.5 Å². The molecular formula is C23H26O7. The Labute approximate surface area is 174 Å². The van der Waals surface area contributed by atoms with E-state index >= 15 is 0 Å². The van der Waals surface area contributed by atoms with Crippen LogP contribution in [0.25, 0.3) is 11.0 Å². The van der Waals surface area contributed by atoms with Gasteiger partial charge in [-0.3, -0.25) is 9.59 Å². The topological polar surface area (TPSA) is 92.0 Å². The molecule has 7 heteroatoms. The molecule has 2 atom stereocenters. The van der Waals surface area contributed by atoms with Crippen LogP contribution in [0.5, 0.6) is 5.75 Å². The third-order valence-corrected chi connectivity index (χ3v) is 7.34. The lowest BCUT2D eigenvalue weighted by Crippen LogP contribution is -2.48. The highest BCUT2D eigenvalue weighted by Gasteiger charge is 2.76. The molecule has 0 spiro atoms. The van der Waals surface area contributed by atoms with Crippen molar-refractivity contribution in [3.63, 3.8) is 0 Å². The van der Waals surface area contributed by atoms with Gasteiger partial charge in [-0.25, -0.2) is 4.79 Å². The van der Waals surface area contributed by atoms with Gasteiger partial charge in [0.15, 0.2) is 5.43 Å². The van der Waals surface area contributed by atoms with Crippen LogP contribution in [-0.4, -0.2) is 24.6 Å². The Hall–Kier alpha value is -2.83. The van der Waals surface area contributed by atoms with Crippen molar-refractivity contribution in [2.45, 2.75) is 59.2 Å². The van der Waals surface area contributed by atoms with Crippen LogP contribution in [0.15, 0.2) is 27.4 Å². The SMILES string of the molecule is CCc1cc(=O)c2ccc(OC)c(COC(=O)[C@]34CC[C@](C)(C(=O)O3)C4(C)C)c2o1. The van der Waals surface area contributed by atoms with E-state index < -0.39 is 22.4 Å². The molecular weight excluding hydrogens is 388 g/mol.